The highest BCUT2D eigenvalue weighted by Gasteiger charge is 2.27. The minimum absolute atomic E-state index is 0.0106. The SMILES string of the molecule is CC(=O)Oc1ccccc1C(=O)c1c(N)c(=O)c1=O. The molecule has 0 amide bonds. The molecule has 2 aromatic rings. The number of anilines is 1. The van der Waals surface area contributed by atoms with Crippen molar-refractivity contribution in [1.82, 2.24) is 0 Å². The first-order valence-corrected chi connectivity index (χ1v) is 5.34. The van der Waals surface area contributed by atoms with Gasteiger partial charge in [0.15, 0.2) is 0 Å². The third-order valence-corrected chi connectivity index (χ3v) is 2.56. The summed E-state index contributed by atoms with van der Waals surface area (Å²) in [5.74, 6) is -1.30. The molecule has 6 nitrogen and oxygen atoms in total. The fourth-order valence-corrected chi connectivity index (χ4v) is 1.67. The number of benzene rings is 1. The van der Waals surface area contributed by atoms with Crippen LogP contribution in [-0.4, -0.2) is 11.8 Å². The molecule has 0 saturated carbocycles. The number of carbonyl (C=O) groups is 2. The van der Waals surface area contributed by atoms with Crippen molar-refractivity contribution in [2.24, 2.45) is 0 Å². The third kappa shape index (κ3) is 2.03. The molecule has 0 aliphatic rings. The third-order valence-electron chi connectivity index (χ3n) is 2.56. The molecule has 0 heterocycles. The van der Waals surface area contributed by atoms with E-state index in [1.165, 1.54) is 19.1 Å². The molecule has 6 heteroatoms. The van der Waals surface area contributed by atoms with Crippen LogP contribution in [0.25, 0.3) is 0 Å². The topological polar surface area (TPSA) is 104 Å². The fraction of sp³-hybridized carbons (Fsp3) is 0.0769. The first-order valence-electron chi connectivity index (χ1n) is 5.34. The number of nitrogen functional groups attached to an aromatic ring is 1. The van der Waals surface area contributed by atoms with E-state index in [4.69, 9.17) is 10.5 Å². The average Bonchev–Trinajstić information content (AvgIpc) is 2.38. The van der Waals surface area contributed by atoms with Gasteiger partial charge >= 0.3 is 5.97 Å². The maximum Gasteiger partial charge on any atom is 0.308 e. The van der Waals surface area contributed by atoms with Crippen LogP contribution in [0.2, 0.25) is 0 Å². The molecule has 0 saturated heterocycles. The van der Waals surface area contributed by atoms with E-state index < -0.39 is 22.6 Å². The molecule has 0 aliphatic heterocycles. The second-order valence-electron chi connectivity index (χ2n) is 3.87. The zero-order chi connectivity index (χ0) is 14.2. The number of hydrogen-bond acceptors (Lipinski definition) is 6. The van der Waals surface area contributed by atoms with Crippen molar-refractivity contribution in [3.8, 4) is 5.75 Å². The van der Waals surface area contributed by atoms with E-state index in [0.29, 0.717) is 0 Å². The Morgan fingerprint density at radius 1 is 1.11 bits per heavy atom. The molecule has 0 unspecified atom stereocenters. The molecule has 0 fully saturated rings. The normalized spacial score (nSPS) is 10.4. The largest absolute Gasteiger partial charge is 0.426 e. The van der Waals surface area contributed by atoms with Crippen LogP contribution in [0.15, 0.2) is 33.9 Å². The van der Waals surface area contributed by atoms with Crippen LogP contribution >= 0.6 is 0 Å². The summed E-state index contributed by atoms with van der Waals surface area (Å²) in [5.41, 5.74) is 2.84. The number of rotatable bonds is 3. The van der Waals surface area contributed by atoms with Crippen LogP contribution in [0.4, 0.5) is 5.69 Å². The minimum Gasteiger partial charge on any atom is -0.426 e. The molecule has 2 N–H and O–H groups in total. The number of ether oxygens (including phenoxy) is 1. The van der Waals surface area contributed by atoms with E-state index in [1.807, 2.05) is 0 Å². The maximum absolute atomic E-state index is 12.1. The van der Waals surface area contributed by atoms with Crippen LogP contribution < -0.4 is 21.3 Å². The molecular formula is C13H9NO5. The Kier molecular flexibility index (Phi) is 3.00. The standard InChI is InChI=1S/C13H9NO5/c1-6(15)19-8-5-3-2-4-7(8)11(16)9-10(14)13(18)12(9)17/h2-5H,14H2,1H3. The predicted molar refractivity (Wildman–Crippen MR) is 66.9 cm³/mol. The van der Waals surface area contributed by atoms with Gasteiger partial charge in [0, 0.05) is 6.92 Å². The molecule has 0 radical (unpaired) electrons. The van der Waals surface area contributed by atoms with Crippen molar-refractivity contribution in [1.29, 1.82) is 0 Å². The van der Waals surface area contributed by atoms with Crippen molar-refractivity contribution in [2.75, 3.05) is 5.73 Å². The summed E-state index contributed by atoms with van der Waals surface area (Å²) in [6, 6.07) is 5.91. The van der Waals surface area contributed by atoms with Gasteiger partial charge in [0.2, 0.25) is 16.6 Å². The van der Waals surface area contributed by atoms with Gasteiger partial charge in [-0.05, 0) is 12.1 Å². The van der Waals surface area contributed by atoms with Crippen molar-refractivity contribution in [3.63, 3.8) is 0 Å². The minimum atomic E-state index is -0.917. The van der Waals surface area contributed by atoms with Gasteiger partial charge in [0.25, 0.3) is 0 Å². The second kappa shape index (κ2) is 4.49. The lowest BCUT2D eigenvalue weighted by Gasteiger charge is -2.09. The van der Waals surface area contributed by atoms with E-state index in [-0.39, 0.29) is 22.6 Å². The predicted octanol–water partition coefficient (Wildman–Crippen LogP) is 0.0211. The highest BCUT2D eigenvalue weighted by Crippen LogP contribution is 2.22. The van der Waals surface area contributed by atoms with Gasteiger partial charge in [-0.3, -0.25) is 19.2 Å². The molecule has 0 atom stereocenters. The fourth-order valence-electron chi connectivity index (χ4n) is 1.67. The molecule has 0 aromatic heterocycles. The summed E-state index contributed by atoms with van der Waals surface area (Å²) >= 11 is 0. The zero-order valence-corrected chi connectivity index (χ0v) is 9.93. The Labute approximate surface area is 107 Å². The second-order valence-corrected chi connectivity index (χ2v) is 3.87. The molecule has 19 heavy (non-hydrogen) atoms. The van der Waals surface area contributed by atoms with Crippen LogP contribution in [0, 0.1) is 0 Å². The zero-order valence-electron chi connectivity index (χ0n) is 9.93. The number of hydrogen-bond donors (Lipinski definition) is 1. The molecular weight excluding hydrogens is 250 g/mol. The quantitative estimate of drug-likeness (QED) is 0.360. The highest BCUT2D eigenvalue weighted by molar-refractivity contribution is 6.14. The van der Waals surface area contributed by atoms with E-state index in [2.05, 4.69) is 0 Å². The van der Waals surface area contributed by atoms with Gasteiger partial charge < -0.3 is 10.5 Å². The summed E-state index contributed by atoms with van der Waals surface area (Å²) in [4.78, 5) is 45.3. The molecule has 2 rings (SSSR count). The van der Waals surface area contributed by atoms with Gasteiger partial charge in [-0.25, -0.2) is 0 Å². The maximum atomic E-state index is 12.1. The number of carbonyl (C=O) groups excluding carboxylic acids is 2. The summed E-state index contributed by atoms with van der Waals surface area (Å²) in [5, 5.41) is 0. The molecule has 96 valence electrons. The van der Waals surface area contributed by atoms with E-state index in [1.54, 1.807) is 12.1 Å². The monoisotopic (exact) mass is 259 g/mol. The van der Waals surface area contributed by atoms with Crippen LogP contribution in [0.3, 0.4) is 0 Å². The first kappa shape index (κ1) is 12.7. The smallest absolute Gasteiger partial charge is 0.308 e. The van der Waals surface area contributed by atoms with E-state index in [0.717, 1.165) is 0 Å². The number of esters is 1. The van der Waals surface area contributed by atoms with E-state index >= 15 is 0 Å². The van der Waals surface area contributed by atoms with Gasteiger partial charge in [0.1, 0.15) is 11.3 Å². The summed E-state index contributed by atoms with van der Waals surface area (Å²) in [7, 11) is 0. The van der Waals surface area contributed by atoms with Crippen molar-refractivity contribution < 1.29 is 14.3 Å². The van der Waals surface area contributed by atoms with Crippen LogP contribution in [-0.2, 0) is 4.79 Å². The lowest BCUT2D eigenvalue weighted by molar-refractivity contribution is -0.131. The van der Waals surface area contributed by atoms with Crippen molar-refractivity contribution >= 4 is 17.4 Å². The summed E-state index contributed by atoms with van der Waals surface area (Å²) < 4.78 is 4.86. The Morgan fingerprint density at radius 3 is 2.32 bits per heavy atom. The lowest BCUT2D eigenvalue weighted by Crippen LogP contribution is -2.40. The Morgan fingerprint density at radius 2 is 1.74 bits per heavy atom. The molecule has 2 aromatic carbocycles. The summed E-state index contributed by atoms with van der Waals surface area (Å²) in [6.07, 6.45) is 0. The summed E-state index contributed by atoms with van der Waals surface area (Å²) in [6.45, 7) is 1.19. The average molecular weight is 259 g/mol. The van der Waals surface area contributed by atoms with E-state index in [9.17, 15) is 19.2 Å². The van der Waals surface area contributed by atoms with Crippen LogP contribution in [0.1, 0.15) is 22.8 Å². The molecule has 0 spiro atoms. The number of para-hydroxylation sites is 1. The van der Waals surface area contributed by atoms with Gasteiger partial charge in [-0.1, -0.05) is 12.1 Å². The number of ketones is 1. The number of nitrogens with two attached hydrogens (primary N) is 1. The van der Waals surface area contributed by atoms with Gasteiger partial charge in [-0.15, -0.1) is 0 Å². The molecule has 0 aliphatic carbocycles. The Hall–Kier alpha value is -2.76. The van der Waals surface area contributed by atoms with Gasteiger partial charge in [0.05, 0.1) is 11.3 Å². The van der Waals surface area contributed by atoms with Crippen molar-refractivity contribution in [3.05, 3.63) is 55.8 Å². The Bertz CT molecular complexity index is 753. The first-order chi connectivity index (χ1) is 8.93. The Balaban J connectivity index is 2.49. The van der Waals surface area contributed by atoms with Gasteiger partial charge in [-0.2, -0.15) is 0 Å². The molecule has 0 bridgehead atoms. The lowest BCUT2D eigenvalue weighted by atomic mass is 9.97. The highest BCUT2D eigenvalue weighted by atomic mass is 16.5. The van der Waals surface area contributed by atoms with Crippen molar-refractivity contribution in [2.45, 2.75) is 6.92 Å². The van der Waals surface area contributed by atoms with Crippen LogP contribution in [0.5, 0.6) is 5.75 Å².